The molecule has 0 saturated heterocycles. The Morgan fingerprint density at radius 3 is 1.55 bits per heavy atom. The van der Waals surface area contributed by atoms with Crippen LogP contribution in [0.3, 0.4) is 0 Å². The molecule has 42 heavy (non-hydrogen) atoms. The second kappa shape index (κ2) is 10.5. The summed E-state index contributed by atoms with van der Waals surface area (Å²) in [7, 11) is -3.91. The first-order valence-corrected chi connectivity index (χ1v) is 20.8. The molecule has 4 aromatic rings. The van der Waals surface area contributed by atoms with Crippen LogP contribution >= 0.6 is 0 Å². The third kappa shape index (κ3) is 5.57. The highest BCUT2D eigenvalue weighted by atomic mass is 28.4. The molecule has 5 rings (SSSR count). The van der Waals surface area contributed by atoms with Gasteiger partial charge in [0.1, 0.15) is 17.2 Å². The highest BCUT2D eigenvalue weighted by Gasteiger charge is 2.41. The Labute approximate surface area is 254 Å². The van der Waals surface area contributed by atoms with Crippen molar-refractivity contribution in [3.63, 3.8) is 0 Å². The van der Waals surface area contributed by atoms with Crippen LogP contribution in [0.5, 0.6) is 17.2 Å². The lowest BCUT2D eigenvalue weighted by Crippen LogP contribution is -2.44. The molecule has 0 spiro atoms. The van der Waals surface area contributed by atoms with E-state index in [0.717, 1.165) is 33.9 Å². The summed E-state index contributed by atoms with van der Waals surface area (Å²) in [5.74, 6) is 2.69. The predicted octanol–water partition coefficient (Wildman–Crippen LogP) is 11.0. The summed E-state index contributed by atoms with van der Waals surface area (Å²) in [6.45, 7) is 22.7. The number of hydrogen-bond donors (Lipinski definition) is 0. The van der Waals surface area contributed by atoms with Gasteiger partial charge in [0.05, 0.1) is 0 Å². The van der Waals surface area contributed by atoms with Crippen LogP contribution in [-0.2, 0) is 5.60 Å². The third-order valence-corrected chi connectivity index (χ3v) is 18.3. The van der Waals surface area contributed by atoms with E-state index in [0.29, 0.717) is 0 Å². The molecule has 1 aliphatic rings. The number of benzene rings is 4. The molecule has 0 saturated carbocycles. The largest absolute Gasteiger partial charge is 0.544 e. The van der Waals surface area contributed by atoms with Crippen LogP contribution in [-0.4, -0.2) is 16.6 Å². The van der Waals surface area contributed by atoms with Gasteiger partial charge in [0.15, 0.2) is 5.60 Å². The zero-order valence-corrected chi connectivity index (χ0v) is 29.0. The van der Waals surface area contributed by atoms with Crippen molar-refractivity contribution in [1.82, 2.24) is 0 Å². The Kier molecular flexibility index (Phi) is 7.52. The molecule has 1 heterocycles. The minimum absolute atomic E-state index is 0.128. The molecule has 4 aromatic carbocycles. The maximum atomic E-state index is 7.04. The maximum absolute atomic E-state index is 7.04. The van der Waals surface area contributed by atoms with Gasteiger partial charge in [-0.3, -0.25) is 0 Å². The van der Waals surface area contributed by atoms with Crippen LogP contribution in [0, 0.1) is 0 Å². The van der Waals surface area contributed by atoms with Gasteiger partial charge >= 0.3 is 0 Å². The summed E-state index contributed by atoms with van der Waals surface area (Å²) >= 11 is 0. The smallest absolute Gasteiger partial charge is 0.250 e. The zero-order chi connectivity index (χ0) is 30.6. The maximum Gasteiger partial charge on any atom is 0.250 e. The quantitative estimate of drug-likeness (QED) is 0.208. The first-order chi connectivity index (χ1) is 19.5. The van der Waals surface area contributed by atoms with Gasteiger partial charge in [-0.2, -0.15) is 0 Å². The van der Waals surface area contributed by atoms with Crippen LogP contribution < -0.4 is 13.6 Å². The van der Waals surface area contributed by atoms with Crippen molar-refractivity contribution in [3.8, 4) is 17.2 Å². The van der Waals surface area contributed by atoms with E-state index in [1.165, 1.54) is 10.8 Å². The Morgan fingerprint density at radius 2 is 1.07 bits per heavy atom. The topological polar surface area (TPSA) is 27.7 Å². The van der Waals surface area contributed by atoms with Gasteiger partial charge in [-0.05, 0) is 89.5 Å². The summed E-state index contributed by atoms with van der Waals surface area (Å²) in [6, 6.07) is 29.7. The summed E-state index contributed by atoms with van der Waals surface area (Å²) in [5, 5.41) is 2.65. The minimum atomic E-state index is -1.95. The van der Waals surface area contributed by atoms with Crippen LogP contribution in [0.4, 0.5) is 0 Å². The van der Waals surface area contributed by atoms with Crippen molar-refractivity contribution >= 4 is 33.5 Å². The molecule has 220 valence electrons. The molecule has 0 amide bonds. The van der Waals surface area contributed by atoms with Gasteiger partial charge in [-0.15, -0.1) is 0 Å². The molecule has 0 bridgehead atoms. The normalized spacial score (nSPS) is 15.2. The highest BCUT2D eigenvalue weighted by molar-refractivity contribution is 6.75. The van der Waals surface area contributed by atoms with Crippen LogP contribution in [0.2, 0.25) is 36.3 Å². The Bertz CT molecular complexity index is 1530. The molecule has 0 radical (unpaired) electrons. The summed E-state index contributed by atoms with van der Waals surface area (Å²) in [4.78, 5) is 0. The second-order valence-electron chi connectivity index (χ2n) is 14.6. The van der Waals surface area contributed by atoms with Crippen molar-refractivity contribution in [2.45, 2.75) is 83.4 Å². The molecule has 0 aliphatic carbocycles. The van der Waals surface area contributed by atoms with Gasteiger partial charge < -0.3 is 13.6 Å². The molecule has 0 fully saturated rings. The summed E-state index contributed by atoms with van der Waals surface area (Å²) in [6.07, 6.45) is 4.43. The van der Waals surface area contributed by atoms with E-state index < -0.39 is 22.2 Å². The van der Waals surface area contributed by atoms with Gasteiger partial charge in [0.2, 0.25) is 16.6 Å². The highest BCUT2D eigenvalue weighted by Crippen LogP contribution is 2.46. The molecule has 3 nitrogen and oxygen atoms in total. The average molecular weight is 595 g/mol. The minimum Gasteiger partial charge on any atom is -0.544 e. The molecule has 0 unspecified atom stereocenters. The fourth-order valence-corrected chi connectivity index (χ4v) is 6.92. The van der Waals surface area contributed by atoms with Crippen molar-refractivity contribution in [2.24, 2.45) is 0 Å². The molecular weight excluding hydrogens is 549 g/mol. The molecule has 5 heteroatoms. The standard InChI is InChI=1S/C37H46O3Si2/c1-35(2,3)41(7,8)39-30-20-16-28(17-21-30)37(29-18-22-31(23-19-29)40-42(9,10)36(4,5)6)26-25-33-32-14-12-11-13-27(32)15-24-34(33)38-37/h11-26H,1-10H3. The average Bonchev–Trinajstić information content (AvgIpc) is 2.92. The number of fused-ring (bicyclic) bond motifs is 3. The van der Waals surface area contributed by atoms with E-state index in [1.54, 1.807) is 0 Å². The fourth-order valence-electron chi connectivity index (χ4n) is 4.86. The third-order valence-electron chi connectivity index (χ3n) is 9.61. The van der Waals surface area contributed by atoms with Crippen molar-refractivity contribution in [1.29, 1.82) is 0 Å². The molecular formula is C37H46O3Si2. The zero-order valence-electron chi connectivity index (χ0n) is 27.0. The lowest BCUT2D eigenvalue weighted by molar-refractivity contribution is 0.161. The van der Waals surface area contributed by atoms with E-state index >= 15 is 0 Å². The number of hydrogen-bond acceptors (Lipinski definition) is 3. The predicted molar refractivity (Wildman–Crippen MR) is 183 cm³/mol. The van der Waals surface area contributed by atoms with Gasteiger partial charge in [0.25, 0.3) is 0 Å². The molecule has 0 atom stereocenters. The monoisotopic (exact) mass is 594 g/mol. The Hall–Kier alpha value is -3.29. The van der Waals surface area contributed by atoms with E-state index in [9.17, 15) is 0 Å². The van der Waals surface area contributed by atoms with E-state index in [4.69, 9.17) is 13.6 Å². The van der Waals surface area contributed by atoms with Crippen molar-refractivity contribution in [3.05, 3.63) is 108 Å². The Balaban J connectivity index is 1.56. The summed E-state index contributed by atoms with van der Waals surface area (Å²) in [5.41, 5.74) is 2.43. The van der Waals surface area contributed by atoms with Gasteiger partial charge in [0, 0.05) is 16.7 Å². The fraction of sp³-hybridized carbons (Fsp3) is 0.351. The van der Waals surface area contributed by atoms with E-state index in [1.807, 2.05) is 0 Å². The van der Waals surface area contributed by atoms with Crippen LogP contribution in [0.25, 0.3) is 16.8 Å². The second-order valence-corrected chi connectivity index (χ2v) is 24.1. The van der Waals surface area contributed by atoms with Crippen molar-refractivity contribution < 1.29 is 13.6 Å². The first-order valence-electron chi connectivity index (χ1n) is 15.0. The summed E-state index contributed by atoms with van der Waals surface area (Å²) < 4.78 is 20.3. The lowest BCUT2D eigenvalue weighted by atomic mass is 9.83. The van der Waals surface area contributed by atoms with Gasteiger partial charge in [-0.25, -0.2) is 0 Å². The van der Waals surface area contributed by atoms with Crippen LogP contribution in [0.15, 0.2) is 91.0 Å². The Morgan fingerprint density at radius 1 is 0.595 bits per heavy atom. The number of rotatable bonds is 6. The van der Waals surface area contributed by atoms with E-state index in [2.05, 4.69) is 165 Å². The number of ether oxygens (including phenoxy) is 1. The molecule has 0 aromatic heterocycles. The first kappa shape index (κ1) is 30.2. The van der Waals surface area contributed by atoms with Gasteiger partial charge in [-0.1, -0.05) is 96.1 Å². The van der Waals surface area contributed by atoms with E-state index in [-0.39, 0.29) is 10.1 Å². The molecule has 1 aliphatic heterocycles. The SMILES string of the molecule is CC(C)(C)[Si](C)(C)Oc1ccc(C2(c3ccc(O[Si](C)(C)C(C)(C)C)cc3)C=Cc3c(ccc4ccccc34)O2)cc1. The van der Waals surface area contributed by atoms with Crippen molar-refractivity contribution in [2.75, 3.05) is 0 Å². The molecule has 0 N–H and O–H groups in total. The van der Waals surface area contributed by atoms with Crippen LogP contribution in [0.1, 0.15) is 58.2 Å². The lowest BCUT2D eigenvalue weighted by Gasteiger charge is -2.38.